The number of nitriles is 1. The minimum absolute atomic E-state index is 0.838. The van der Waals surface area contributed by atoms with Crippen LogP contribution in [0.2, 0.25) is 0 Å². The van der Waals surface area contributed by atoms with E-state index in [1.807, 2.05) is 13.0 Å². The Morgan fingerprint density at radius 3 is 2.31 bits per heavy atom. The molecule has 16 heavy (non-hydrogen) atoms. The lowest BCUT2D eigenvalue weighted by atomic mass is 10.0. The summed E-state index contributed by atoms with van der Waals surface area (Å²) in [5.74, 6) is 0. The van der Waals surface area contributed by atoms with Crippen molar-refractivity contribution in [1.82, 2.24) is 4.90 Å². The molecule has 0 radical (unpaired) electrons. The Bertz CT molecular complexity index is 321. The molecule has 0 saturated carbocycles. The van der Waals surface area contributed by atoms with Crippen LogP contribution in [0, 0.1) is 11.3 Å². The van der Waals surface area contributed by atoms with E-state index in [1.54, 1.807) is 0 Å². The van der Waals surface area contributed by atoms with Crippen LogP contribution >= 0.6 is 0 Å². The van der Waals surface area contributed by atoms with Gasteiger partial charge in [-0.1, -0.05) is 18.1 Å². The van der Waals surface area contributed by atoms with Crippen molar-refractivity contribution in [2.45, 2.75) is 40.0 Å². The zero-order valence-corrected chi connectivity index (χ0v) is 10.7. The van der Waals surface area contributed by atoms with Crippen LogP contribution in [0.5, 0.6) is 0 Å². The van der Waals surface area contributed by atoms with E-state index in [0.717, 1.165) is 12.1 Å². The zero-order chi connectivity index (χ0) is 12.0. The van der Waals surface area contributed by atoms with Gasteiger partial charge in [-0.2, -0.15) is 5.26 Å². The first kappa shape index (κ1) is 13.0. The summed E-state index contributed by atoms with van der Waals surface area (Å²) in [4.78, 5) is 2.46. The van der Waals surface area contributed by atoms with Crippen molar-refractivity contribution in [3.63, 3.8) is 0 Å². The number of rotatable bonds is 3. The number of nitrogens with zero attached hydrogens (tertiary/aromatic N) is 2. The van der Waals surface area contributed by atoms with E-state index in [9.17, 15) is 0 Å². The lowest BCUT2D eigenvalue weighted by molar-refractivity contribution is 0.247. The molecule has 0 aromatic heterocycles. The fourth-order valence-corrected chi connectivity index (χ4v) is 2.16. The molecule has 0 aromatic rings. The number of piperidine rings is 1. The van der Waals surface area contributed by atoms with E-state index in [-0.39, 0.29) is 0 Å². The monoisotopic (exact) mass is 218 g/mol. The smallest absolute Gasteiger partial charge is 0.0991 e. The average Bonchev–Trinajstić information content (AvgIpc) is 2.30. The third-order valence-electron chi connectivity index (χ3n) is 3.17. The average molecular weight is 218 g/mol. The van der Waals surface area contributed by atoms with Gasteiger partial charge in [-0.05, 0) is 52.3 Å². The summed E-state index contributed by atoms with van der Waals surface area (Å²) >= 11 is 0. The second-order valence-corrected chi connectivity index (χ2v) is 4.63. The SMILES string of the molecule is C/C=C(/C#N)C(CN1CCCCC1)=C(C)C. The maximum atomic E-state index is 9.10. The van der Waals surface area contributed by atoms with Gasteiger partial charge in [-0.3, -0.25) is 4.90 Å². The normalized spacial score (nSPS) is 18.0. The summed E-state index contributed by atoms with van der Waals surface area (Å²) in [6, 6.07) is 2.30. The van der Waals surface area contributed by atoms with Crippen LogP contribution in [0.3, 0.4) is 0 Å². The standard InChI is InChI=1S/C14H22N2/c1-4-13(10-15)14(12(2)3)11-16-8-6-5-7-9-16/h4H,5-9,11H2,1-3H3/b13-4-. The van der Waals surface area contributed by atoms with Crippen LogP contribution in [0.4, 0.5) is 0 Å². The first-order valence-electron chi connectivity index (χ1n) is 6.14. The summed E-state index contributed by atoms with van der Waals surface area (Å²) in [7, 11) is 0. The zero-order valence-electron chi connectivity index (χ0n) is 10.7. The summed E-state index contributed by atoms with van der Waals surface area (Å²) in [6.45, 7) is 9.44. The maximum absolute atomic E-state index is 9.10. The van der Waals surface area contributed by atoms with Gasteiger partial charge in [0, 0.05) is 6.54 Å². The molecule has 1 rings (SSSR count). The van der Waals surface area contributed by atoms with Crippen molar-refractivity contribution in [3.8, 4) is 6.07 Å². The highest BCUT2D eigenvalue weighted by Crippen LogP contribution is 2.18. The fourth-order valence-electron chi connectivity index (χ4n) is 2.16. The Hall–Kier alpha value is -1.07. The molecule has 0 aliphatic carbocycles. The van der Waals surface area contributed by atoms with Gasteiger partial charge >= 0.3 is 0 Å². The molecule has 2 heteroatoms. The van der Waals surface area contributed by atoms with Gasteiger partial charge in [0.05, 0.1) is 11.6 Å². The van der Waals surface area contributed by atoms with Crippen molar-refractivity contribution in [3.05, 3.63) is 22.8 Å². The van der Waals surface area contributed by atoms with Crippen LogP contribution in [-0.4, -0.2) is 24.5 Å². The quantitative estimate of drug-likeness (QED) is 0.537. The molecule has 0 atom stereocenters. The Morgan fingerprint density at radius 2 is 1.88 bits per heavy atom. The molecule has 1 aliphatic rings. The second kappa shape index (κ2) is 6.50. The molecule has 0 spiro atoms. The molecule has 2 nitrogen and oxygen atoms in total. The molecule has 0 aromatic carbocycles. The second-order valence-electron chi connectivity index (χ2n) is 4.63. The van der Waals surface area contributed by atoms with Gasteiger partial charge in [-0.25, -0.2) is 0 Å². The maximum Gasteiger partial charge on any atom is 0.0991 e. The molecule has 1 fully saturated rings. The largest absolute Gasteiger partial charge is 0.299 e. The van der Waals surface area contributed by atoms with Crippen LogP contribution in [0.1, 0.15) is 40.0 Å². The van der Waals surface area contributed by atoms with E-state index in [4.69, 9.17) is 5.26 Å². The third-order valence-corrected chi connectivity index (χ3v) is 3.17. The van der Waals surface area contributed by atoms with Gasteiger partial charge in [0.15, 0.2) is 0 Å². The Balaban J connectivity index is 2.73. The Labute approximate surface area is 99.3 Å². The van der Waals surface area contributed by atoms with E-state index in [0.29, 0.717) is 0 Å². The number of hydrogen-bond donors (Lipinski definition) is 0. The minimum Gasteiger partial charge on any atom is -0.299 e. The van der Waals surface area contributed by atoms with E-state index in [2.05, 4.69) is 24.8 Å². The third kappa shape index (κ3) is 3.50. The molecule has 1 saturated heterocycles. The van der Waals surface area contributed by atoms with E-state index >= 15 is 0 Å². The van der Waals surface area contributed by atoms with Crippen LogP contribution in [-0.2, 0) is 0 Å². The lowest BCUT2D eigenvalue weighted by Gasteiger charge is -2.27. The van der Waals surface area contributed by atoms with Crippen molar-refractivity contribution >= 4 is 0 Å². The van der Waals surface area contributed by atoms with Gasteiger partial charge in [0.1, 0.15) is 0 Å². The molecular formula is C14H22N2. The van der Waals surface area contributed by atoms with Gasteiger partial charge < -0.3 is 0 Å². The predicted molar refractivity (Wildman–Crippen MR) is 68.0 cm³/mol. The van der Waals surface area contributed by atoms with Crippen LogP contribution < -0.4 is 0 Å². The van der Waals surface area contributed by atoms with Gasteiger partial charge in [0.2, 0.25) is 0 Å². The molecule has 0 N–H and O–H groups in total. The van der Waals surface area contributed by atoms with Crippen molar-refractivity contribution < 1.29 is 0 Å². The highest BCUT2D eigenvalue weighted by atomic mass is 15.1. The van der Waals surface area contributed by atoms with Crippen LogP contribution in [0.25, 0.3) is 0 Å². The predicted octanol–water partition coefficient (Wildman–Crippen LogP) is 3.28. The summed E-state index contributed by atoms with van der Waals surface area (Å²) in [5.41, 5.74) is 3.32. The number of hydrogen-bond acceptors (Lipinski definition) is 2. The molecule has 1 heterocycles. The highest BCUT2D eigenvalue weighted by Gasteiger charge is 2.14. The highest BCUT2D eigenvalue weighted by molar-refractivity contribution is 5.44. The van der Waals surface area contributed by atoms with Gasteiger partial charge in [0.25, 0.3) is 0 Å². The molecular weight excluding hydrogens is 196 g/mol. The van der Waals surface area contributed by atoms with Crippen molar-refractivity contribution in [1.29, 1.82) is 5.26 Å². The molecule has 0 unspecified atom stereocenters. The number of allylic oxidation sites excluding steroid dienone is 2. The van der Waals surface area contributed by atoms with Gasteiger partial charge in [-0.15, -0.1) is 0 Å². The summed E-state index contributed by atoms with van der Waals surface area (Å²) in [5, 5.41) is 9.10. The molecule has 0 amide bonds. The molecule has 88 valence electrons. The Morgan fingerprint density at radius 1 is 1.25 bits per heavy atom. The van der Waals surface area contributed by atoms with E-state index in [1.165, 1.54) is 43.5 Å². The Kier molecular flexibility index (Phi) is 5.28. The fraction of sp³-hybridized carbons (Fsp3) is 0.643. The first-order valence-corrected chi connectivity index (χ1v) is 6.14. The topological polar surface area (TPSA) is 27.0 Å². The summed E-state index contributed by atoms with van der Waals surface area (Å²) < 4.78 is 0. The van der Waals surface area contributed by atoms with Crippen LogP contribution in [0.15, 0.2) is 22.8 Å². The van der Waals surface area contributed by atoms with Crippen molar-refractivity contribution in [2.24, 2.45) is 0 Å². The van der Waals surface area contributed by atoms with Crippen molar-refractivity contribution in [2.75, 3.05) is 19.6 Å². The molecule has 0 bridgehead atoms. The molecule has 1 aliphatic heterocycles. The van der Waals surface area contributed by atoms with E-state index < -0.39 is 0 Å². The summed E-state index contributed by atoms with van der Waals surface area (Å²) in [6.07, 6.45) is 5.88. The first-order chi connectivity index (χ1) is 7.69. The number of likely N-dealkylation sites (tertiary alicyclic amines) is 1. The lowest BCUT2D eigenvalue weighted by Crippen LogP contribution is -2.32. The minimum atomic E-state index is 0.838.